The van der Waals surface area contributed by atoms with E-state index in [0.717, 1.165) is 25.2 Å². The highest BCUT2D eigenvalue weighted by Crippen LogP contribution is 2.37. The molecule has 1 fully saturated rings. The second-order valence-corrected chi connectivity index (χ2v) is 6.52. The SMILES string of the molecule is CNC1(C(N)=O)CCC(SCCC(C)C)C1. The molecule has 1 amide bonds. The molecule has 1 saturated carbocycles. The topological polar surface area (TPSA) is 55.1 Å². The summed E-state index contributed by atoms with van der Waals surface area (Å²) in [5.74, 6) is 1.77. The highest BCUT2D eigenvalue weighted by molar-refractivity contribution is 7.99. The van der Waals surface area contributed by atoms with Gasteiger partial charge in [0.2, 0.25) is 5.91 Å². The standard InChI is InChI=1S/C12H24N2OS/c1-9(2)5-7-16-10-4-6-12(8-10,14-3)11(13)15/h9-10,14H,4-8H2,1-3H3,(H2,13,15). The third kappa shape index (κ3) is 3.39. The van der Waals surface area contributed by atoms with Crippen LogP contribution in [0.25, 0.3) is 0 Å². The molecule has 94 valence electrons. The van der Waals surface area contributed by atoms with Crippen LogP contribution >= 0.6 is 11.8 Å². The number of hydrogen-bond donors (Lipinski definition) is 2. The molecule has 2 unspecified atom stereocenters. The zero-order chi connectivity index (χ0) is 12.2. The minimum absolute atomic E-state index is 0.193. The molecule has 0 bridgehead atoms. The maximum atomic E-state index is 11.4. The van der Waals surface area contributed by atoms with Gasteiger partial charge < -0.3 is 11.1 Å². The summed E-state index contributed by atoms with van der Waals surface area (Å²) in [6.45, 7) is 4.49. The summed E-state index contributed by atoms with van der Waals surface area (Å²) in [4.78, 5) is 11.4. The van der Waals surface area contributed by atoms with Crippen molar-refractivity contribution >= 4 is 17.7 Å². The van der Waals surface area contributed by atoms with Gasteiger partial charge in [-0.3, -0.25) is 4.79 Å². The van der Waals surface area contributed by atoms with Crippen molar-refractivity contribution < 1.29 is 4.79 Å². The number of nitrogens with one attached hydrogen (secondary N) is 1. The van der Waals surface area contributed by atoms with Crippen molar-refractivity contribution in [3.05, 3.63) is 0 Å². The normalized spacial score (nSPS) is 29.9. The first-order chi connectivity index (χ1) is 7.50. The summed E-state index contributed by atoms with van der Waals surface area (Å²) in [6.07, 6.45) is 4.14. The lowest BCUT2D eigenvalue weighted by atomic mass is 9.97. The number of primary amides is 1. The molecule has 0 aliphatic heterocycles. The zero-order valence-electron chi connectivity index (χ0n) is 10.6. The first kappa shape index (κ1) is 13.8. The molecule has 0 spiro atoms. The van der Waals surface area contributed by atoms with Crippen molar-refractivity contribution in [2.45, 2.75) is 50.3 Å². The minimum atomic E-state index is -0.435. The molecule has 1 rings (SSSR count). The van der Waals surface area contributed by atoms with Crippen LogP contribution in [0.5, 0.6) is 0 Å². The number of rotatable bonds is 6. The molecule has 3 N–H and O–H groups in total. The van der Waals surface area contributed by atoms with Crippen LogP contribution in [0, 0.1) is 5.92 Å². The van der Waals surface area contributed by atoms with Crippen molar-refractivity contribution in [3.63, 3.8) is 0 Å². The van der Waals surface area contributed by atoms with Crippen molar-refractivity contribution in [3.8, 4) is 0 Å². The van der Waals surface area contributed by atoms with E-state index >= 15 is 0 Å². The largest absolute Gasteiger partial charge is 0.368 e. The highest BCUT2D eigenvalue weighted by Gasteiger charge is 2.42. The molecule has 0 radical (unpaired) electrons. The fourth-order valence-electron chi connectivity index (χ4n) is 2.19. The number of nitrogens with two attached hydrogens (primary N) is 1. The Morgan fingerprint density at radius 2 is 2.31 bits per heavy atom. The second-order valence-electron chi connectivity index (χ2n) is 5.11. The Morgan fingerprint density at radius 3 is 2.75 bits per heavy atom. The Morgan fingerprint density at radius 1 is 1.62 bits per heavy atom. The summed E-state index contributed by atoms with van der Waals surface area (Å²) in [5.41, 5.74) is 5.04. The summed E-state index contributed by atoms with van der Waals surface area (Å²) >= 11 is 2.00. The van der Waals surface area contributed by atoms with E-state index in [0.29, 0.717) is 5.25 Å². The van der Waals surface area contributed by atoms with E-state index in [2.05, 4.69) is 19.2 Å². The molecule has 3 nitrogen and oxygen atoms in total. The van der Waals surface area contributed by atoms with E-state index < -0.39 is 5.54 Å². The predicted octanol–water partition coefficient (Wildman–Crippen LogP) is 1.76. The molecule has 0 aromatic carbocycles. The lowest BCUT2D eigenvalue weighted by molar-refractivity contribution is -0.124. The van der Waals surface area contributed by atoms with Crippen molar-refractivity contribution in [1.29, 1.82) is 0 Å². The van der Waals surface area contributed by atoms with Crippen molar-refractivity contribution in [1.82, 2.24) is 5.32 Å². The van der Waals surface area contributed by atoms with Gasteiger partial charge in [-0.2, -0.15) is 11.8 Å². The van der Waals surface area contributed by atoms with Gasteiger partial charge in [0.15, 0.2) is 0 Å². The van der Waals surface area contributed by atoms with E-state index in [1.807, 2.05) is 18.8 Å². The van der Waals surface area contributed by atoms with Crippen molar-refractivity contribution in [2.75, 3.05) is 12.8 Å². The van der Waals surface area contributed by atoms with Crippen LogP contribution in [-0.2, 0) is 4.79 Å². The van der Waals surface area contributed by atoms with Crippen LogP contribution in [0.2, 0.25) is 0 Å². The molecule has 16 heavy (non-hydrogen) atoms. The maximum Gasteiger partial charge on any atom is 0.237 e. The average molecular weight is 244 g/mol. The van der Waals surface area contributed by atoms with Gasteiger partial charge in [0.25, 0.3) is 0 Å². The molecule has 0 aromatic rings. The second kappa shape index (κ2) is 5.92. The predicted molar refractivity (Wildman–Crippen MR) is 70.5 cm³/mol. The van der Waals surface area contributed by atoms with Gasteiger partial charge >= 0.3 is 0 Å². The van der Waals surface area contributed by atoms with E-state index in [1.165, 1.54) is 12.2 Å². The number of amides is 1. The van der Waals surface area contributed by atoms with Crippen LogP contribution < -0.4 is 11.1 Å². The molecule has 4 heteroatoms. The number of hydrogen-bond acceptors (Lipinski definition) is 3. The van der Waals surface area contributed by atoms with Gasteiger partial charge in [0.1, 0.15) is 0 Å². The van der Waals surface area contributed by atoms with E-state index in [1.54, 1.807) is 0 Å². The summed E-state index contributed by atoms with van der Waals surface area (Å²) in [7, 11) is 1.84. The van der Waals surface area contributed by atoms with Crippen LogP contribution in [0.1, 0.15) is 39.5 Å². The lowest BCUT2D eigenvalue weighted by Gasteiger charge is -2.24. The minimum Gasteiger partial charge on any atom is -0.368 e. The van der Waals surface area contributed by atoms with Gasteiger partial charge in [-0.1, -0.05) is 13.8 Å². The average Bonchev–Trinajstić information content (AvgIpc) is 2.62. The maximum absolute atomic E-state index is 11.4. The molecule has 2 atom stereocenters. The molecular formula is C12H24N2OS. The van der Waals surface area contributed by atoms with Gasteiger partial charge in [0.05, 0.1) is 5.54 Å². The fourth-order valence-corrected chi connectivity index (χ4v) is 3.81. The van der Waals surface area contributed by atoms with E-state index in [-0.39, 0.29) is 5.91 Å². The van der Waals surface area contributed by atoms with Gasteiger partial charge in [0, 0.05) is 5.25 Å². The number of carbonyl (C=O) groups excluding carboxylic acids is 1. The smallest absolute Gasteiger partial charge is 0.237 e. The number of likely N-dealkylation sites (N-methyl/N-ethyl adjacent to an activating group) is 1. The summed E-state index contributed by atoms with van der Waals surface area (Å²) < 4.78 is 0. The summed E-state index contributed by atoms with van der Waals surface area (Å²) in [6, 6.07) is 0. The fraction of sp³-hybridized carbons (Fsp3) is 0.917. The van der Waals surface area contributed by atoms with Crippen LogP contribution in [0.3, 0.4) is 0 Å². The van der Waals surface area contributed by atoms with Crippen LogP contribution in [0.4, 0.5) is 0 Å². The van der Waals surface area contributed by atoms with Crippen LogP contribution in [-0.4, -0.2) is 29.5 Å². The quantitative estimate of drug-likeness (QED) is 0.748. The lowest BCUT2D eigenvalue weighted by Crippen LogP contribution is -2.52. The molecule has 0 heterocycles. The molecule has 0 aromatic heterocycles. The van der Waals surface area contributed by atoms with Gasteiger partial charge in [-0.25, -0.2) is 0 Å². The Kier molecular flexibility index (Phi) is 5.12. The summed E-state index contributed by atoms with van der Waals surface area (Å²) in [5, 5.41) is 3.71. The van der Waals surface area contributed by atoms with Gasteiger partial charge in [-0.15, -0.1) is 0 Å². The Labute approximate surface area is 103 Å². The zero-order valence-corrected chi connectivity index (χ0v) is 11.4. The highest BCUT2D eigenvalue weighted by atomic mass is 32.2. The molecule has 0 saturated heterocycles. The first-order valence-corrected chi connectivity index (χ1v) is 7.15. The van der Waals surface area contributed by atoms with E-state index in [9.17, 15) is 4.79 Å². The number of carbonyl (C=O) groups is 1. The van der Waals surface area contributed by atoms with Crippen LogP contribution in [0.15, 0.2) is 0 Å². The first-order valence-electron chi connectivity index (χ1n) is 6.10. The Balaban J connectivity index is 2.36. The van der Waals surface area contributed by atoms with Gasteiger partial charge in [-0.05, 0) is 44.4 Å². The van der Waals surface area contributed by atoms with Crippen molar-refractivity contribution in [2.24, 2.45) is 11.7 Å². The monoisotopic (exact) mass is 244 g/mol. The third-order valence-electron chi connectivity index (χ3n) is 3.47. The number of thioether (sulfide) groups is 1. The molecule has 1 aliphatic carbocycles. The Hall–Kier alpha value is -0.220. The molecular weight excluding hydrogens is 220 g/mol. The Bertz CT molecular complexity index is 245. The molecule has 1 aliphatic rings. The van der Waals surface area contributed by atoms with E-state index in [4.69, 9.17) is 5.73 Å². The third-order valence-corrected chi connectivity index (χ3v) is 4.81.